The van der Waals surface area contributed by atoms with Gasteiger partial charge in [-0.15, -0.1) is 0 Å². The standard InChI is InChI=1S/C41H56ClN5O9S/c1-8-18-54-32-21-29-28(14-11-15-30(29)42)35(43-32)55-27-20-31-34(48)45-41(37(50)46-57(52,53)40(7)16-17-40)22-26(41)13-10-9-12-24(2)19-25(3)33(36(49)47(31)23-27)44-38(51)56-39(4,5)6/h10-11,13-15,21,24-27,31,33H,8-9,12,16-20,22-23H2,1-7H3,(H,44,51)(H,45,48)(H,46,50)/b13-10-/t24-,25+,26+,27+,31-,33-,41+/m0/s1. The molecule has 7 atom stereocenters. The Balaban J connectivity index is 1.37. The van der Waals surface area contributed by atoms with Crippen LogP contribution < -0.4 is 24.8 Å². The number of aromatic nitrogens is 1. The average Bonchev–Trinajstić information content (AvgIpc) is 4.00. The molecule has 16 heteroatoms. The Hall–Kier alpha value is -4.11. The highest BCUT2D eigenvalue weighted by Gasteiger charge is 2.63. The van der Waals surface area contributed by atoms with Crippen molar-refractivity contribution in [3.05, 3.63) is 41.4 Å². The third-order valence-electron chi connectivity index (χ3n) is 11.4. The van der Waals surface area contributed by atoms with E-state index in [0.29, 0.717) is 54.0 Å². The van der Waals surface area contributed by atoms with Crippen molar-refractivity contribution in [2.45, 2.75) is 134 Å². The number of carbonyl (C=O) groups is 4. The number of fused-ring (bicyclic) bond motifs is 3. The number of rotatable bonds is 9. The number of alkyl carbamates (subject to hydrolysis) is 1. The van der Waals surface area contributed by atoms with Gasteiger partial charge in [-0.25, -0.2) is 13.2 Å². The molecular formula is C41H56ClN5O9S. The Labute approximate surface area is 340 Å². The molecule has 0 bridgehead atoms. The van der Waals surface area contributed by atoms with Gasteiger partial charge in [0.1, 0.15) is 29.3 Å². The van der Waals surface area contributed by atoms with Crippen molar-refractivity contribution in [2.24, 2.45) is 17.8 Å². The van der Waals surface area contributed by atoms with Crippen LogP contribution in [0.5, 0.6) is 11.8 Å². The van der Waals surface area contributed by atoms with Crippen molar-refractivity contribution in [3.8, 4) is 11.8 Å². The fourth-order valence-electron chi connectivity index (χ4n) is 7.75. The maximum atomic E-state index is 14.9. The van der Waals surface area contributed by atoms with E-state index in [1.54, 1.807) is 45.9 Å². The summed E-state index contributed by atoms with van der Waals surface area (Å²) in [5.74, 6) is -2.16. The summed E-state index contributed by atoms with van der Waals surface area (Å²) in [6.45, 7) is 13.1. The second-order valence-electron chi connectivity index (χ2n) is 17.5. The van der Waals surface area contributed by atoms with Crippen LogP contribution in [-0.4, -0.2) is 89.3 Å². The summed E-state index contributed by atoms with van der Waals surface area (Å²) in [4.78, 5) is 62.7. The number of nitrogens with zero attached hydrogens (tertiary/aromatic N) is 2. The number of sulfonamides is 1. The molecule has 6 rings (SSSR count). The van der Waals surface area contributed by atoms with E-state index in [2.05, 4.69) is 27.3 Å². The van der Waals surface area contributed by atoms with Crippen molar-refractivity contribution in [3.63, 3.8) is 0 Å². The first kappa shape index (κ1) is 42.5. The van der Waals surface area contributed by atoms with Crippen LogP contribution in [-0.2, 0) is 29.1 Å². The van der Waals surface area contributed by atoms with Gasteiger partial charge in [-0.05, 0) is 96.6 Å². The van der Waals surface area contributed by atoms with Crippen molar-refractivity contribution in [2.75, 3.05) is 13.2 Å². The van der Waals surface area contributed by atoms with Gasteiger partial charge in [-0.1, -0.05) is 50.6 Å². The van der Waals surface area contributed by atoms with Crippen molar-refractivity contribution in [1.82, 2.24) is 25.2 Å². The van der Waals surface area contributed by atoms with E-state index in [1.807, 2.05) is 32.1 Å². The molecular weight excluding hydrogens is 774 g/mol. The topological polar surface area (TPSA) is 182 Å². The number of allylic oxidation sites excluding steroid dienone is 1. The van der Waals surface area contributed by atoms with E-state index in [-0.39, 0.29) is 37.1 Å². The smallest absolute Gasteiger partial charge is 0.408 e. The maximum Gasteiger partial charge on any atom is 0.408 e. The molecule has 2 aliphatic heterocycles. The molecule has 312 valence electrons. The number of halogens is 1. The first-order valence-corrected chi connectivity index (χ1v) is 21.9. The van der Waals surface area contributed by atoms with Crippen molar-refractivity contribution < 1.29 is 41.8 Å². The lowest BCUT2D eigenvalue weighted by Crippen LogP contribution is -2.59. The zero-order valence-electron chi connectivity index (χ0n) is 33.9. The lowest BCUT2D eigenvalue weighted by atomic mass is 9.88. The van der Waals surface area contributed by atoms with Gasteiger partial charge in [0.15, 0.2) is 0 Å². The summed E-state index contributed by atoms with van der Waals surface area (Å²) < 4.78 is 45.7. The molecule has 0 unspecified atom stereocenters. The van der Waals surface area contributed by atoms with E-state index >= 15 is 0 Å². The SMILES string of the molecule is CCCOc1cc2c(Cl)cccc2c(O[C@@H]2C[C@H]3C(=O)N[C@]4(C(=O)NS(=O)(=O)C5(C)CC5)C[C@H]4/C=C\CC[C@H](C)C[C@@H](C)[C@H](NC(=O)OC(C)(C)C)C(=O)N3C2)n1. The maximum absolute atomic E-state index is 14.9. The van der Waals surface area contributed by atoms with Gasteiger partial charge >= 0.3 is 6.09 Å². The molecule has 1 aromatic heterocycles. The van der Waals surface area contributed by atoms with Gasteiger partial charge in [0.25, 0.3) is 5.91 Å². The summed E-state index contributed by atoms with van der Waals surface area (Å²) in [5, 5.41) is 7.43. The zero-order chi connectivity index (χ0) is 41.5. The molecule has 2 aromatic rings. The molecule has 2 aliphatic carbocycles. The molecule has 3 fully saturated rings. The minimum Gasteiger partial charge on any atom is -0.478 e. The number of hydrogen-bond donors (Lipinski definition) is 3. The third kappa shape index (κ3) is 9.45. The van der Waals surface area contributed by atoms with Crippen molar-refractivity contribution in [1.29, 1.82) is 0 Å². The van der Waals surface area contributed by atoms with E-state index in [0.717, 1.165) is 12.8 Å². The summed E-state index contributed by atoms with van der Waals surface area (Å²) >= 11 is 6.60. The minimum atomic E-state index is -4.01. The predicted molar refractivity (Wildman–Crippen MR) is 215 cm³/mol. The molecule has 0 spiro atoms. The summed E-state index contributed by atoms with van der Waals surface area (Å²) in [5.41, 5.74) is -2.38. The van der Waals surface area contributed by atoms with Gasteiger partial charge in [-0.3, -0.25) is 19.1 Å². The van der Waals surface area contributed by atoms with E-state index < -0.39 is 73.8 Å². The largest absolute Gasteiger partial charge is 0.478 e. The number of ether oxygens (including phenoxy) is 3. The molecule has 1 saturated heterocycles. The van der Waals surface area contributed by atoms with Crippen LogP contribution in [0.25, 0.3) is 10.8 Å². The first-order chi connectivity index (χ1) is 26.8. The van der Waals surface area contributed by atoms with E-state index in [4.69, 9.17) is 25.8 Å². The highest BCUT2D eigenvalue weighted by atomic mass is 35.5. The Bertz CT molecular complexity index is 2030. The molecule has 0 radical (unpaired) electrons. The Morgan fingerprint density at radius 3 is 2.54 bits per heavy atom. The van der Waals surface area contributed by atoms with E-state index in [1.165, 1.54) is 4.90 Å². The predicted octanol–water partition coefficient (Wildman–Crippen LogP) is 5.80. The molecule has 14 nitrogen and oxygen atoms in total. The molecule has 3 heterocycles. The quantitative estimate of drug-likeness (QED) is 0.261. The van der Waals surface area contributed by atoms with Crippen LogP contribution >= 0.6 is 11.6 Å². The van der Waals surface area contributed by atoms with Gasteiger partial charge in [0.05, 0.1) is 17.9 Å². The second kappa shape index (κ2) is 16.3. The Morgan fingerprint density at radius 2 is 1.86 bits per heavy atom. The molecule has 3 N–H and O–H groups in total. The van der Waals surface area contributed by atoms with Crippen LogP contribution in [0, 0.1) is 17.8 Å². The number of amides is 4. The number of nitrogens with one attached hydrogen (secondary N) is 3. The van der Waals surface area contributed by atoms with Crippen LogP contribution in [0.3, 0.4) is 0 Å². The van der Waals surface area contributed by atoms with Crippen LogP contribution in [0.4, 0.5) is 4.79 Å². The number of hydrogen-bond acceptors (Lipinski definition) is 10. The number of benzene rings is 1. The summed E-state index contributed by atoms with van der Waals surface area (Å²) in [7, 11) is -4.01. The second-order valence-corrected chi connectivity index (χ2v) is 20.1. The normalized spacial score (nSPS) is 29.4. The molecule has 2 saturated carbocycles. The molecule has 57 heavy (non-hydrogen) atoms. The number of pyridine rings is 1. The molecule has 4 aliphatic rings. The molecule has 1 aromatic carbocycles. The minimum absolute atomic E-state index is 0.000126. The Morgan fingerprint density at radius 1 is 1.12 bits per heavy atom. The lowest BCUT2D eigenvalue weighted by molar-refractivity contribution is -0.142. The Kier molecular flexibility index (Phi) is 12.1. The fraction of sp³-hybridized carbons (Fsp3) is 0.634. The van der Waals surface area contributed by atoms with E-state index in [9.17, 15) is 27.6 Å². The first-order valence-electron chi connectivity index (χ1n) is 20.0. The van der Waals surface area contributed by atoms with Gasteiger partial charge in [-0.2, -0.15) is 4.98 Å². The highest BCUT2D eigenvalue weighted by molar-refractivity contribution is 7.91. The lowest BCUT2D eigenvalue weighted by Gasteiger charge is -2.33. The van der Waals surface area contributed by atoms with Crippen LogP contribution in [0.2, 0.25) is 5.02 Å². The summed E-state index contributed by atoms with van der Waals surface area (Å²) in [6.07, 6.45) is 6.07. The van der Waals surface area contributed by atoms with Gasteiger partial charge in [0.2, 0.25) is 33.6 Å². The van der Waals surface area contributed by atoms with Crippen molar-refractivity contribution >= 4 is 56.2 Å². The zero-order valence-corrected chi connectivity index (χ0v) is 35.4. The summed E-state index contributed by atoms with van der Waals surface area (Å²) in [6, 6.07) is 4.82. The van der Waals surface area contributed by atoms with Crippen LogP contribution in [0.1, 0.15) is 99.8 Å². The monoisotopic (exact) mass is 829 g/mol. The average molecular weight is 830 g/mol. The van der Waals surface area contributed by atoms with Crippen LogP contribution in [0.15, 0.2) is 36.4 Å². The fourth-order valence-corrected chi connectivity index (χ4v) is 9.29. The van der Waals surface area contributed by atoms with Gasteiger partial charge < -0.3 is 29.7 Å². The highest BCUT2D eigenvalue weighted by Crippen LogP contribution is 2.48. The third-order valence-corrected chi connectivity index (χ3v) is 13.9. The molecule has 4 amide bonds. The van der Waals surface area contributed by atoms with Gasteiger partial charge in [0, 0.05) is 34.2 Å². The number of carbonyl (C=O) groups excluding carboxylic acids is 4.